The normalized spacial score (nSPS) is 24.8. The molecule has 2 atom stereocenters. The maximum Gasteiger partial charge on any atom is 0.410 e. The first kappa shape index (κ1) is 29.2. The van der Waals surface area contributed by atoms with E-state index in [2.05, 4.69) is 10.6 Å². The Morgan fingerprint density at radius 1 is 1.13 bits per heavy atom. The van der Waals surface area contributed by atoms with Gasteiger partial charge in [-0.2, -0.15) is 0 Å². The molecule has 11 heteroatoms. The van der Waals surface area contributed by atoms with Gasteiger partial charge in [0, 0.05) is 25.2 Å². The molecule has 0 aromatic heterocycles. The zero-order valence-corrected chi connectivity index (χ0v) is 22.9. The van der Waals surface area contributed by atoms with Crippen LogP contribution in [0, 0.1) is 11.7 Å². The number of alkyl halides is 2. The Morgan fingerprint density at radius 3 is 2.46 bits per heavy atom. The summed E-state index contributed by atoms with van der Waals surface area (Å²) < 4.78 is 50.9. The maximum absolute atomic E-state index is 15.2. The van der Waals surface area contributed by atoms with Crippen LogP contribution in [0.5, 0.6) is 0 Å². The van der Waals surface area contributed by atoms with Gasteiger partial charge in [0.05, 0.1) is 12.5 Å². The number of nitrogens with zero attached hydrogens (tertiary/aromatic N) is 2. The van der Waals surface area contributed by atoms with Gasteiger partial charge in [0.2, 0.25) is 11.8 Å². The lowest BCUT2D eigenvalue weighted by atomic mass is 9.85. The number of carbonyl (C=O) groups excluding carboxylic acids is 3. The Labute approximate surface area is 227 Å². The number of imide groups is 1. The maximum atomic E-state index is 15.2. The Morgan fingerprint density at radius 2 is 1.85 bits per heavy atom. The summed E-state index contributed by atoms with van der Waals surface area (Å²) in [4.78, 5) is 39.0. The lowest BCUT2D eigenvalue weighted by Gasteiger charge is -2.40. The Bertz CT molecular complexity index is 1070. The summed E-state index contributed by atoms with van der Waals surface area (Å²) >= 11 is 0. The van der Waals surface area contributed by atoms with Crippen molar-refractivity contribution in [1.29, 1.82) is 0 Å². The molecule has 2 N–H and O–H groups in total. The molecule has 0 radical (unpaired) electrons. The molecule has 2 unspecified atom stereocenters. The number of rotatable bonds is 6. The fourth-order valence-corrected chi connectivity index (χ4v) is 5.61. The number of benzene rings is 1. The highest BCUT2D eigenvalue weighted by molar-refractivity contribution is 6.01. The van der Waals surface area contributed by atoms with Gasteiger partial charge in [-0.05, 0) is 89.6 Å². The third-order valence-corrected chi connectivity index (χ3v) is 7.75. The highest BCUT2D eigenvalue weighted by Gasteiger charge is 2.46. The summed E-state index contributed by atoms with van der Waals surface area (Å²) in [5.74, 6) is -5.52. The largest absolute Gasteiger partial charge is 0.444 e. The van der Waals surface area contributed by atoms with Crippen LogP contribution >= 0.6 is 0 Å². The lowest BCUT2D eigenvalue weighted by molar-refractivity contribution is -0.133. The SMILES string of the molecule is CC(C)(C)OC(=O)N1CCC(CCN2CCC(c3ccc(NC4CCC(=O)NC4=O)cc3F)C(F)(F)C2)CC1. The number of hydrogen-bond donors (Lipinski definition) is 2. The van der Waals surface area contributed by atoms with Gasteiger partial charge in [0.1, 0.15) is 17.5 Å². The molecule has 0 saturated carbocycles. The van der Waals surface area contributed by atoms with E-state index in [4.69, 9.17) is 4.74 Å². The summed E-state index contributed by atoms with van der Waals surface area (Å²) in [6.45, 7) is 7.27. The van der Waals surface area contributed by atoms with Crippen LogP contribution in [0.1, 0.15) is 70.8 Å². The highest BCUT2D eigenvalue weighted by atomic mass is 19.3. The summed E-state index contributed by atoms with van der Waals surface area (Å²) in [5, 5.41) is 5.12. The van der Waals surface area contributed by atoms with Gasteiger partial charge in [-0.3, -0.25) is 19.8 Å². The Hall–Kier alpha value is -2.82. The molecule has 39 heavy (non-hydrogen) atoms. The van der Waals surface area contributed by atoms with Gasteiger partial charge in [-0.1, -0.05) is 6.07 Å². The zero-order chi connectivity index (χ0) is 28.4. The number of amides is 3. The van der Waals surface area contributed by atoms with Crippen molar-refractivity contribution < 1.29 is 32.3 Å². The molecule has 3 aliphatic heterocycles. The fourth-order valence-electron chi connectivity index (χ4n) is 5.61. The minimum atomic E-state index is -3.09. The van der Waals surface area contributed by atoms with Gasteiger partial charge < -0.3 is 15.0 Å². The van der Waals surface area contributed by atoms with Crippen LogP contribution in [0.2, 0.25) is 0 Å². The van der Waals surface area contributed by atoms with Crippen molar-refractivity contribution in [2.75, 3.05) is 38.0 Å². The number of anilines is 1. The van der Waals surface area contributed by atoms with Crippen molar-refractivity contribution in [2.45, 2.75) is 82.8 Å². The van der Waals surface area contributed by atoms with E-state index in [1.807, 2.05) is 20.8 Å². The van der Waals surface area contributed by atoms with E-state index in [-0.39, 0.29) is 36.8 Å². The van der Waals surface area contributed by atoms with Gasteiger partial charge in [0.15, 0.2) is 0 Å². The second-order valence-electron chi connectivity index (χ2n) is 12.0. The predicted octanol–water partition coefficient (Wildman–Crippen LogP) is 4.50. The quantitative estimate of drug-likeness (QED) is 0.505. The number of likely N-dealkylation sites (tertiary alicyclic amines) is 2. The number of piperidine rings is 3. The van der Waals surface area contributed by atoms with Gasteiger partial charge in [-0.15, -0.1) is 0 Å². The average molecular weight is 553 g/mol. The van der Waals surface area contributed by atoms with Crippen molar-refractivity contribution in [1.82, 2.24) is 15.1 Å². The molecule has 3 heterocycles. The van der Waals surface area contributed by atoms with E-state index in [1.54, 1.807) is 9.80 Å². The Kier molecular flexibility index (Phi) is 8.78. The number of halogens is 3. The Balaban J connectivity index is 1.26. The van der Waals surface area contributed by atoms with Gasteiger partial charge >= 0.3 is 6.09 Å². The lowest BCUT2D eigenvalue weighted by Crippen LogP contribution is -2.48. The molecule has 3 saturated heterocycles. The number of nitrogens with one attached hydrogen (secondary N) is 2. The van der Waals surface area contributed by atoms with Crippen molar-refractivity contribution in [2.24, 2.45) is 5.92 Å². The van der Waals surface area contributed by atoms with Gasteiger partial charge in [0.25, 0.3) is 5.92 Å². The molecule has 0 aliphatic carbocycles. The van der Waals surface area contributed by atoms with E-state index in [9.17, 15) is 18.8 Å². The van der Waals surface area contributed by atoms with E-state index in [0.717, 1.165) is 25.3 Å². The predicted molar refractivity (Wildman–Crippen MR) is 140 cm³/mol. The summed E-state index contributed by atoms with van der Waals surface area (Å²) in [5.41, 5.74) is -0.254. The first-order chi connectivity index (χ1) is 18.3. The molecule has 4 rings (SSSR count). The summed E-state index contributed by atoms with van der Waals surface area (Å²) in [6.07, 6.45) is 2.70. The number of ether oxygens (including phenoxy) is 1. The minimum absolute atomic E-state index is 0.0250. The van der Waals surface area contributed by atoms with Crippen molar-refractivity contribution in [3.05, 3.63) is 29.6 Å². The molecular formula is C28H39F3N4O4. The molecule has 3 fully saturated rings. The van der Waals surface area contributed by atoms with E-state index >= 15 is 8.78 Å². The monoisotopic (exact) mass is 552 g/mol. The molecule has 8 nitrogen and oxygen atoms in total. The number of carbonyl (C=O) groups is 3. The van der Waals surface area contributed by atoms with Crippen LogP contribution in [-0.4, -0.2) is 78.0 Å². The molecule has 1 aromatic carbocycles. The highest BCUT2D eigenvalue weighted by Crippen LogP contribution is 2.42. The zero-order valence-electron chi connectivity index (χ0n) is 22.9. The summed E-state index contributed by atoms with van der Waals surface area (Å²) in [6, 6.07) is 3.34. The fraction of sp³-hybridized carbons (Fsp3) is 0.679. The standard InChI is InChI=1S/C28H39F3N4O4/c1-27(2,3)39-26(38)35-14-9-18(10-15-35)8-12-34-13-11-21(28(30,31)17-34)20-5-4-19(16-22(20)29)32-23-6-7-24(36)33-25(23)37/h4-5,16,18,21,23,32H,6-15,17H2,1-3H3,(H,33,36,37). The van der Waals surface area contributed by atoms with Crippen molar-refractivity contribution >= 4 is 23.6 Å². The van der Waals surface area contributed by atoms with Crippen LogP contribution in [0.25, 0.3) is 0 Å². The van der Waals surface area contributed by atoms with Crippen LogP contribution < -0.4 is 10.6 Å². The molecule has 216 valence electrons. The molecule has 3 amide bonds. The smallest absolute Gasteiger partial charge is 0.410 e. The van der Waals surface area contributed by atoms with Crippen molar-refractivity contribution in [3.63, 3.8) is 0 Å². The third kappa shape index (κ3) is 7.64. The second-order valence-corrected chi connectivity index (χ2v) is 12.0. The third-order valence-electron chi connectivity index (χ3n) is 7.75. The van der Waals surface area contributed by atoms with Crippen LogP contribution in [0.3, 0.4) is 0 Å². The van der Waals surface area contributed by atoms with Crippen LogP contribution in [-0.2, 0) is 14.3 Å². The first-order valence-electron chi connectivity index (χ1n) is 13.8. The molecule has 0 bridgehead atoms. The second kappa shape index (κ2) is 11.7. The van der Waals surface area contributed by atoms with E-state index in [0.29, 0.717) is 37.8 Å². The topological polar surface area (TPSA) is 91.0 Å². The van der Waals surface area contributed by atoms with Crippen LogP contribution in [0.4, 0.5) is 23.7 Å². The molecule has 3 aliphatic rings. The van der Waals surface area contributed by atoms with Crippen molar-refractivity contribution in [3.8, 4) is 0 Å². The van der Waals surface area contributed by atoms with Crippen LogP contribution in [0.15, 0.2) is 18.2 Å². The molecule has 1 aromatic rings. The van der Waals surface area contributed by atoms with E-state index in [1.165, 1.54) is 12.1 Å². The molecule has 0 spiro atoms. The van der Waals surface area contributed by atoms with E-state index < -0.39 is 41.8 Å². The number of hydrogen-bond acceptors (Lipinski definition) is 6. The summed E-state index contributed by atoms with van der Waals surface area (Å²) in [7, 11) is 0. The minimum Gasteiger partial charge on any atom is -0.444 e. The first-order valence-corrected chi connectivity index (χ1v) is 13.8. The van der Waals surface area contributed by atoms with Gasteiger partial charge in [-0.25, -0.2) is 18.0 Å². The average Bonchev–Trinajstić information content (AvgIpc) is 2.84. The molecular weight excluding hydrogens is 513 g/mol.